The maximum absolute atomic E-state index is 11.4. The van der Waals surface area contributed by atoms with Crippen LogP contribution in [0.2, 0.25) is 0 Å². The molecule has 0 spiro atoms. The Balaban J connectivity index is 2.50. The fraction of sp³-hybridized carbons (Fsp3) is 0.800. The summed E-state index contributed by atoms with van der Waals surface area (Å²) >= 11 is 0. The van der Waals surface area contributed by atoms with E-state index < -0.39 is 0 Å². The van der Waals surface area contributed by atoms with Crippen LogP contribution in [0.15, 0.2) is 0 Å². The second-order valence-electron chi connectivity index (χ2n) is 3.62. The van der Waals surface area contributed by atoms with Crippen molar-refractivity contribution >= 4 is 11.8 Å². The second-order valence-corrected chi connectivity index (χ2v) is 3.62. The first-order valence-corrected chi connectivity index (χ1v) is 4.83. The molecule has 0 radical (unpaired) electrons. The van der Waals surface area contributed by atoms with Crippen molar-refractivity contribution in [2.45, 2.75) is 33.1 Å². The highest BCUT2D eigenvalue weighted by molar-refractivity contribution is 5.82. The predicted octanol–water partition coefficient (Wildman–Crippen LogP) is 1.55. The predicted molar refractivity (Wildman–Crippen MR) is 48.1 cm³/mol. The lowest BCUT2D eigenvalue weighted by Gasteiger charge is -2.25. The number of ketones is 1. The van der Waals surface area contributed by atoms with Crippen molar-refractivity contribution in [1.29, 1.82) is 0 Å². The van der Waals surface area contributed by atoms with Gasteiger partial charge in [-0.2, -0.15) is 0 Å². The van der Waals surface area contributed by atoms with Crippen LogP contribution < -0.4 is 0 Å². The number of ether oxygens (including phenoxy) is 1. The van der Waals surface area contributed by atoms with Crippen LogP contribution in [0.4, 0.5) is 0 Å². The average molecular weight is 184 g/mol. The number of rotatable bonds is 2. The summed E-state index contributed by atoms with van der Waals surface area (Å²) < 4.78 is 4.94. The van der Waals surface area contributed by atoms with Gasteiger partial charge < -0.3 is 4.74 Å². The summed E-state index contributed by atoms with van der Waals surface area (Å²) in [7, 11) is 0. The van der Waals surface area contributed by atoms with Gasteiger partial charge in [0.2, 0.25) is 0 Å². The van der Waals surface area contributed by atoms with Crippen LogP contribution in [0.1, 0.15) is 33.1 Å². The molecule has 0 bridgehead atoms. The zero-order valence-corrected chi connectivity index (χ0v) is 8.21. The summed E-state index contributed by atoms with van der Waals surface area (Å²) in [4.78, 5) is 22.4. The lowest BCUT2D eigenvalue weighted by atomic mass is 9.80. The highest BCUT2D eigenvalue weighted by atomic mass is 16.5. The monoisotopic (exact) mass is 184 g/mol. The van der Waals surface area contributed by atoms with E-state index >= 15 is 0 Å². The first kappa shape index (κ1) is 10.2. The molecule has 1 aliphatic carbocycles. The van der Waals surface area contributed by atoms with Crippen LogP contribution in [0.25, 0.3) is 0 Å². The smallest absolute Gasteiger partial charge is 0.309 e. The Morgan fingerprint density at radius 1 is 1.62 bits per heavy atom. The van der Waals surface area contributed by atoms with Crippen LogP contribution in [0.5, 0.6) is 0 Å². The lowest BCUT2D eigenvalue weighted by molar-refractivity contribution is -0.151. The third kappa shape index (κ3) is 2.54. The van der Waals surface area contributed by atoms with E-state index in [-0.39, 0.29) is 23.6 Å². The van der Waals surface area contributed by atoms with Crippen LogP contribution in [0, 0.1) is 11.8 Å². The van der Waals surface area contributed by atoms with Crippen LogP contribution in [-0.2, 0) is 14.3 Å². The summed E-state index contributed by atoms with van der Waals surface area (Å²) in [5, 5.41) is 0. The van der Waals surface area contributed by atoms with Crippen molar-refractivity contribution in [2.75, 3.05) is 6.61 Å². The highest BCUT2D eigenvalue weighted by Gasteiger charge is 2.32. The van der Waals surface area contributed by atoms with Gasteiger partial charge in [-0.1, -0.05) is 6.92 Å². The number of carbonyl (C=O) groups excluding carboxylic acids is 2. The number of hydrogen-bond acceptors (Lipinski definition) is 3. The quantitative estimate of drug-likeness (QED) is 0.611. The number of hydrogen-bond donors (Lipinski definition) is 0. The fourth-order valence-electron chi connectivity index (χ4n) is 1.80. The molecule has 0 heterocycles. The van der Waals surface area contributed by atoms with Gasteiger partial charge in [0, 0.05) is 12.8 Å². The Morgan fingerprint density at radius 2 is 2.31 bits per heavy atom. The molecule has 0 aromatic carbocycles. The molecular formula is C10H16O3. The molecule has 3 heteroatoms. The minimum absolute atomic E-state index is 0.0577. The van der Waals surface area contributed by atoms with Crippen molar-refractivity contribution in [1.82, 2.24) is 0 Å². The highest BCUT2D eigenvalue weighted by Crippen LogP contribution is 2.28. The van der Waals surface area contributed by atoms with Crippen LogP contribution >= 0.6 is 0 Å². The zero-order valence-electron chi connectivity index (χ0n) is 8.21. The maximum atomic E-state index is 11.4. The third-order valence-corrected chi connectivity index (χ3v) is 2.56. The van der Waals surface area contributed by atoms with E-state index in [9.17, 15) is 9.59 Å². The summed E-state index contributed by atoms with van der Waals surface area (Å²) in [6.45, 7) is 4.17. The second kappa shape index (κ2) is 4.40. The van der Waals surface area contributed by atoms with Gasteiger partial charge >= 0.3 is 5.97 Å². The Hall–Kier alpha value is -0.860. The summed E-state index contributed by atoms with van der Waals surface area (Å²) in [6, 6.07) is 0. The van der Waals surface area contributed by atoms with Gasteiger partial charge in [0.05, 0.1) is 12.5 Å². The largest absolute Gasteiger partial charge is 0.466 e. The first-order valence-electron chi connectivity index (χ1n) is 4.83. The van der Waals surface area contributed by atoms with Gasteiger partial charge in [-0.3, -0.25) is 9.59 Å². The average Bonchev–Trinajstić information content (AvgIpc) is 2.04. The molecule has 1 rings (SSSR count). The summed E-state index contributed by atoms with van der Waals surface area (Å²) in [6.07, 6.45) is 1.73. The molecule has 2 atom stereocenters. The van der Waals surface area contributed by atoms with Gasteiger partial charge in [0.15, 0.2) is 0 Å². The number of Topliss-reactive ketones (excluding diaryl/α,β-unsaturated/α-hetero) is 1. The molecule has 74 valence electrons. The zero-order chi connectivity index (χ0) is 9.84. The number of esters is 1. The van der Waals surface area contributed by atoms with E-state index in [1.165, 1.54) is 0 Å². The minimum atomic E-state index is -0.137. The molecule has 0 aliphatic heterocycles. The Labute approximate surface area is 78.5 Å². The van der Waals surface area contributed by atoms with Crippen molar-refractivity contribution < 1.29 is 14.3 Å². The van der Waals surface area contributed by atoms with Crippen molar-refractivity contribution in [3.8, 4) is 0 Å². The van der Waals surface area contributed by atoms with E-state index in [1.807, 2.05) is 6.92 Å². The minimum Gasteiger partial charge on any atom is -0.466 e. The van der Waals surface area contributed by atoms with E-state index in [2.05, 4.69) is 0 Å². The summed E-state index contributed by atoms with van der Waals surface area (Å²) in [5.41, 5.74) is 0. The van der Waals surface area contributed by atoms with Crippen molar-refractivity contribution in [3.05, 3.63) is 0 Å². The van der Waals surface area contributed by atoms with Gasteiger partial charge in [-0.05, 0) is 19.3 Å². The summed E-state index contributed by atoms with van der Waals surface area (Å²) in [5.74, 6) is 0.230. The normalized spacial score (nSPS) is 28.6. The molecule has 0 aromatic heterocycles. The SMILES string of the molecule is CCOC(=O)[C@H]1CCC(=O)CC1C. The number of carbonyl (C=O) groups is 2. The van der Waals surface area contributed by atoms with Crippen molar-refractivity contribution in [2.24, 2.45) is 11.8 Å². The Bertz CT molecular complexity index is 210. The topological polar surface area (TPSA) is 43.4 Å². The van der Waals surface area contributed by atoms with Crippen LogP contribution in [-0.4, -0.2) is 18.4 Å². The van der Waals surface area contributed by atoms with Gasteiger partial charge in [-0.15, -0.1) is 0 Å². The van der Waals surface area contributed by atoms with Crippen LogP contribution in [0.3, 0.4) is 0 Å². The van der Waals surface area contributed by atoms with E-state index in [4.69, 9.17) is 4.74 Å². The molecule has 1 unspecified atom stereocenters. The third-order valence-electron chi connectivity index (χ3n) is 2.56. The molecule has 0 amide bonds. The fourth-order valence-corrected chi connectivity index (χ4v) is 1.80. The van der Waals surface area contributed by atoms with E-state index in [0.29, 0.717) is 25.9 Å². The molecule has 3 nitrogen and oxygen atoms in total. The standard InChI is InChI=1S/C10H16O3/c1-3-13-10(12)9-5-4-8(11)6-7(9)2/h7,9H,3-6H2,1-2H3/t7?,9-/m0/s1. The molecule has 13 heavy (non-hydrogen) atoms. The van der Waals surface area contributed by atoms with Gasteiger partial charge in [0.1, 0.15) is 5.78 Å². The van der Waals surface area contributed by atoms with Crippen molar-refractivity contribution in [3.63, 3.8) is 0 Å². The van der Waals surface area contributed by atoms with Gasteiger partial charge in [0.25, 0.3) is 0 Å². The Kier molecular flexibility index (Phi) is 3.46. The molecular weight excluding hydrogens is 168 g/mol. The maximum Gasteiger partial charge on any atom is 0.309 e. The molecule has 0 N–H and O–H groups in total. The van der Waals surface area contributed by atoms with Gasteiger partial charge in [-0.25, -0.2) is 0 Å². The first-order chi connectivity index (χ1) is 6.15. The molecule has 0 aromatic rings. The van der Waals surface area contributed by atoms with E-state index in [0.717, 1.165) is 0 Å². The Morgan fingerprint density at radius 3 is 2.85 bits per heavy atom. The molecule has 1 fully saturated rings. The molecule has 1 aliphatic rings. The molecule has 1 saturated carbocycles. The molecule has 0 saturated heterocycles. The van der Waals surface area contributed by atoms with E-state index in [1.54, 1.807) is 6.92 Å². The lowest BCUT2D eigenvalue weighted by Crippen LogP contribution is -2.30.